The normalized spacial score (nSPS) is 19.4. The standard InChI is InChI=1S/C21H22BrF3N4O4/c1-12(11-30)27-18-17(9-15(22)10-26-18)19(31)28-5-3-4-20(28,2)13-6-14(21(23,24)25)8-16(7-13)29(32)33/h6-10,12,30H,3-5,11H2,1-2H3,(H,26,27)/t12-,20-/m1/s1. The topological polar surface area (TPSA) is 109 Å². The van der Waals surface area contributed by atoms with Gasteiger partial charge in [0, 0.05) is 35.4 Å². The number of nitro groups is 1. The van der Waals surface area contributed by atoms with Crippen molar-refractivity contribution in [2.24, 2.45) is 0 Å². The van der Waals surface area contributed by atoms with E-state index < -0.39 is 39.8 Å². The Bertz CT molecular complexity index is 1080. The van der Waals surface area contributed by atoms with E-state index in [-0.39, 0.29) is 30.1 Å². The highest BCUT2D eigenvalue weighted by Gasteiger charge is 2.44. The Morgan fingerprint density at radius 3 is 2.70 bits per heavy atom. The summed E-state index contributed by atoms with van der Waals surface area (Å²) in [4.78, 5) is 29.7. The Hall–Kier alpha value is -2.73. The van der Waals surface area contributed by atoms with Crippen LogP contribution in [0.15, 0.2) is 34.9 Å². The van der Waals surface area contributed by atoms with E-state index in [0.717, 1.165) is 12.1 Å². The average Bonchev–Trinajstić information content (AvgIpc) is 3.16. The van der Waals surface area contributed by atoms with Crippen LogP contribution in [0.5, 0.6) is 0 Å². The first-order valence-corrected chi connectivity index (χ1v) is 10.9. The van der Waals surface area contributed by atoms with Crippen LogP contribution in [0, 0.1) is 10.1 Å². The number of aliphatic hydroxyl groups excluding tert-OH is 1. The number of benzene rings is 1. The van der Waals surface area contributed by atoms with Crippen LogP contribution in [0.4, 0.5) is 24.7 Å². The van der Waals surface area contributed by atoms with Gasteiger partial charge in [-0.1, -0.05) is 0 Å². The molecular weight excluding hydrogens is 509 g/mol. The van der Waals surface area contributed by atoms with E-state index in [0.29, 0.717) is 23.4 Å². The van der Waals surface area contributed by atoms with Crippen LogP contribution in [-0.4, -0.2) is 45.0 Å². The third-order valence-corrected chi connectivity index (χ3v) is 6.14. The van der Waals surface area contributed by atoms with Gasteiger partial charge in [0.1, 0.15) is 5.82 Å². The third-order valence-electron chi connectivity index (χ3n) is 5.71. The van der Waals surface area contributed by atoms with Gasteiger partial charge in [0.15, 0.2) is 0 Å². The van der Waals surface area contributed by atoms with Crippen molar-refractivity contribution >= 4 is 33.3 Å². The third kappa shape index (κ3) is 5.11. The molecule has 2 heterocycles. The zero-order chi connectivity index (χ0) is 24.6. The van der Waals surface area contributed by atoms with E-state index in [4.69, 9.17) is 0 Å². The van der Waals surface area contributed by atoms with Gasteiger partial charge in [-0.15, -0.1) is 0 Å². The molecule has 8 nitrogen and oxygen atoms in total. The predicted octanol–water partition coefficient (Wildman–Crippen LogP) is 4.72. The number of pyridine rings is 1. The lowest BCUT2D eigenvalue weighted by Gasteiger charge is -2.36. The van der Waals surface area contributed by atoms with Gasteiger partial charge in [-0.2, -0.15) is 13.2 Å². The maximum Gasteiger partial charge on any atom is 0.416 e. The lowest BCUT2D eigenvalue weighted by Crippen LogP contribution is -2.43. The molecule has 1 fully saturated rings. The summed E-state index contributed by atoms with van der Waals surface area (Å²) >= 11 is 3.28. The Balaban J connectivity index is 2.09. The number of likely N-dealkylation sites (tertiary alicyclic amines) is 1. The summed E-state index contributed by atoms with van der Waals surface area (Å²) in [5.74, 6) is -0.273. The molecule has 0 spiro atoms. The summed E-state index contributed by atoms with van der Waals surface area (Å²) in [6.45, 7) is 3.34. The Morgan fingerprint density at radius 1 is 1.39 bits per heavy atom. The van der Waals surface area contributed by atoms with E-state index in [9.17, 15) is 33.2 Å². The molecule has 0 aliphatic carbocycles. The van der Waals surface area contributed by atoms with E-state index in [1.807, 2.05) is 0 Å². The number of non-ortho nitro benzene ring substituents is 1. The van der Waals surface area contributed by atoms with E-state index in [1.54, 1.807) is 13.8 Å². The van der Waals surface area contributed by atoms with Gasteiger partial charge in [0.2, 0.25) is 0 Å². The monoisotopic (exact) mass is 530 g/mol. The Labute approximate surface area is 196 Å². The highest BCUT2D eigenvalue weighted by atomic mass is 79.9. The van der Waals surface area contributed by atoms with Crippen molar-refractivity contribution in [1.29, 1.82) is 0 Å². The number of halogens is 4. The van der Waals surface area contributed by atoms with Gasteiger partial charge in [-0.05, 0) is 60.3 Å². The average molecular weight is 531 g/mol. The number of aliphatic hydroxyl groups is 1. The summed E-state index contributed by atoms with van der Waals surface area (Å²) in [6, 6.07) is 3.58. The van der Waals surface area contributed by atoms with Crippen LogP contribution >= 0.6 is 15.9 Å². The number of nitro benzene ring substituents is 1. The van der Waals surface area contributed by atoms with Crippen LogP contribution in [0.2, 0.25) is 0 Å². The minimum Gasteiger partial charge on any atom is -0.394 e. The second kappa shape index (κ2) is 9.26. The smallest absolute Gasteiger partial charge is 0.394 e. The fourth-order valence-corrected chi connectivity index (χ4v) is 4.25. The van der Waals surface area contributed by atoms with Crippen molar-refractivity contribution < 1.29 is 28.0 Å². The minimum absolute atomic E-state index is 0.0380. The molecule has 0 radical (unpaired) electrons. The quantitative estimate of drug-likeness (QED) is 0.413. The number of anilines is 1. The van der Waals surface area contributed by atoms with Crippen molar-refractivity contribution in [3.8, 4) is 0 Å². The molecule has 2 N–H and O–H groups in total. The van der Waals surface area contributed by atoms with Gasteiger partial charge in [-0.3, -0.25) is 14.9 Å². The van der Waals surface area contributed by atoms with Crippen LogP contribution in [0.1, 0.15) is 48.2 Å². The van der Waals surface area contributed by atoms with Crippen LogP contribution in [-0.2, 0) is 11.7 Å². The second-order valence-corrected chi connectivity index (χ2v) is 9.05. The molecule has 1 aliphatic heterocycles. The number of rotatable bonds is 6. The first-order valence-electron chi connectivity index (χ1n) is 10.1. The molecule has 1 aromatic carbocycles. The van der Waals surface area contributed by atoms with Crippen LogP contribution < -0.4 is 5.32 Å². The molecule has 1 amide bonds. The molecule has 12 heteroatoms. The molecule has 178 valence electrons. The summed E-state index contributed by atoms with van der Waals surface area (Å²) in [5.41, 5.74) is -2.83. The van der Waals surface area contributed by atoms with E-state index in [1.165, 1.54) is 17.2 Å². The number of nitrogens with one attached hydrogen (secondary N) is 1. The van der Waals surface area contributed by atoms with Gasteiger partial charge >= 0.3 is 6.18 Å². The molecule has 2 aromatic rings. The number of carbonyl (C=O) groups excluding carboxylic acids is 1. The lowest BCUT2D eigenvalue weighted by atomic mass is 9.87. The molecule has 2 atom stereocenters. The SMILES string of the molecule is C[C@H](CO)Nc1ncc(Br)cc1C(=O)N1CCC[C@]1(C)c1cc([N+](=O)[O-])cc(C(F)(F)F)c1. The molecule has 3 rings (SSSR count). The van der Waals surface area contributed by atoms with E-state index >= 15 is 0 Å². The van der Waals surface area contributed by atoms with Crippen LogP contribution in [0.25, 0.3) is 0 Å². The first-order chi connectivity index (χ1) is 15.4. The number of hydrogen-bond donors (Lipinski definition) is 2. The highest BCUT2D eigenvalue weighted by Crippen LogP contribution is 2.43. The fraction of sp³-hybridized carbons (Fsp3) is 0.429. The Morgan fingerprint density at radius 2 is 2.09 bits per heavy atom. The molecule has 1 aromatic heterocycles. The van der Waals surface area contributed by atoms with Crippen molar-refractivity contribution in [3.63, 3.8) is 0 Å². The predicted molar refractivity (Wildman–Crippen MR) is 118 cm³/mol. The molecule has 33 heavy (non-hydrogen) atoms. The van der Waals surface area contributed by atoms with Gasteiger partial charge in [-0.25, -0.2) is 4.98 Å². The lowest BCUT2D eigenvalue weighted by molar-refractivity contribution is -0.385. The summed E-state index contributed by atoms with van der Waals surface area (Å²) in [6.07, 6.45) is -2.48. The Kier molecular flexibility index (Phi) is 6.99. The largest absolute Gasteiger partial charge is 0.416 e. The maximum absolute atomic E-state index is 13.6. The van der Waals surface area contributed by atoms with Crippen LogP contribution in [0.3, 0.4) is 0 Å². The fourth-order valence-electron chi connectivity index (χ4n) is 3.92. The second-order valence-electron chi connectivity index (χ2n) is 8.14. The molecule has 1 saturated heterocycles. The molecule has 0 saturated carbocycles. The number of carbonyl (C=O) groups is 1. The van der Waals surface area contributed by atoms with Crippen molar-refractivity contribution in [2.45, 2.75) is 44.4 Å². The number of nitrogens with zero attached hydrogens (tertiary/aromatic N) is 3. The van der Waals surface area contributed by atoms with Crippen molar-refractivity contribution in [3.05, 3.63) is 61.7 Å². The maximum atomic E-state index is 13.6. The number of alkyl halides is 3. The summed E-state index contributed by atoms with van der Waals surface area (Å²) in [5, 5.41) is 23.6. The number of hydrogen-bond acceptors (Lipinski definition) is 6. The summed E-state index contributed by atoms with van der Waals surface area (Å²) < 4.78 is 40.9. The van der Waals surface area contributed by atoms with E-state index in [2.05, 4.69) is 26.2 Å². The zero-order valence-electron chi connectivity index (χ0n) is 17.8. The number of amides is 1. The molecule has 0 unspecified atom stereocenters. The first kappa shape index (κ1) is 24.9. The molecular formula is C21H22BrF3N4O4. The van der Waals surface area contributed by atoms with Gasteiger partial charge < -0.3 is 15.3 Å². The van der Waals surface area contributed by atoms with Gasteiger partial charge in [0.05, 0.1) is 28.2 Å². The van der Waals surface area contributed by atoms with Gasteiger partial charge in [0.25, 0.3) is 11.6 Å². The van der Waals surface area contributed by atoms with Crippen molar-refractivity contribution in [2.75, 3.05) is 18.5 Å². The summed E-state index contributed by atoms with van der Waals surface area (Å²) in [7, 11) is 0. The highest BCUT2D eigenvalue weighted by molar-refractivity contribution is 9.10. The molecule has 0 bridgehead atoms. The number of aromatic nitrogens is 1. The van der Waals surface area contributed by atoms with Crippen molar-refractivity contribution in [1.82, 2.24) is 9.88 Å². The zero-order valence-corrected chi connectivity index (χ0v) is 19.4. The minimum atomic E-state index is -4.78. The molecule has 1 aliphatic rings.